The van der Waals surface area contributed by atoms with Crippen LogP contribution in [0.25, 0.3) is 0 Å². The van der Waals surface area contributed by atoms with E-state index < -0.39 is 10.0 Å². The van der Waals surface area contributed by atoms with Gasteiger partial charge in [0, 0.05) is 11.5 Å². The van der Waals surface area contributed by atoms with Crippen molar-refractivity contribution in [2.45, 2.75) is 18.7 Å². The lowest BCUT2D eigenvalue weighted by Gasteiger charge is -2.10. The van der Waals surface area contributed by atoms with E-state index in [0.29, 0.717) is 15.9 Å². The smallest absolute Gasteiger partial charge is 0.265 e. The van der Waals surface area contributed by atoms with Crippen LogP contribution >= 0.6 is 15.9 Å². The molecule has 0 bridgehead atoms. The summed E-state index contributed by atoms with van der Waals surface area (Å²) < 4.78 is 29.7. The number of hydrogen-bond acceptors (Lipinski definition) is 4. The standard InChI is InChI=1S/C13H13BrN4O2S/c1-8-13(9(2)18(3)16-8)21(19,20)17-12-5-4-11(14)6-10(12)7-15/h4-6,17H,1-3H3. The molecule has 0 fully saturated rings. The molecule has 1 aromatic heterocycles. The second-order valence-electron chi connectivity index (χ2n) is 4.53. The highest BCUT2D eigenvalue weighted by molar-refractivity contribution is 9.10. The molecule has 21 heavy (non-hydrogen) atoms. The summed E-state index contributed by atoms with van der Waals surface area (Å²) in [5.74, 6) is 0. The number of hydrogen-bond donors (Lipinski definition) is 1. The molecule has 2 rings (SSSR count). The van der Waals surface area contributed by atoms with E-state index >= 15 is 0 Å². The molecule has 2 aromatic rings. The molecule has 110 valence electrons. The van der Waals surface area contributed by atoms with Crippen molar-refractivity contribution < 1.29 is 8.42 Å². The van der Waals surface area contributed by atoms with E-state index in [4.69, 9.17) is 5.26 Å². The Bertz CT molecular complexity index is 850. The number of benzene rings is 1. The summed E-state index contributed by atoms with van der Waals surface area (Å²) in [4.78, 5) is 0.136. The maximum absolute atomic E-state index is 12.5. The van der Waals surface area contributed by atoms with Crippen LogP contribution in [0.4, 0.5) is 5.69 Å². The lowest BCUT2D eigenvalue weighted by Crippen LogP contribution is -2.15. The zero-order chi connectivity index (χ0) is 15.8. The van der Waals surface area contributed by atoms with Gasteiger partial charge in [0.25, 0.3) is 10.0 Å². The van der Waals surface area contributed by atoms with Gasteiger partial charge < -0.3 is 0 Å². The molecule has 0 spiro atoms. The molecule has 0 unspecified atom stereocenters. The molecule has 0 atom stereocenters. The lowest BCUT2D eigenvalue weighted by molar-refractivity contribution is 0.599. The molecule has 0 aliphatic rings. The van der Waals surface area contributed by atoms with Crippen LogP contribution in [0.1, 0.15) is 17.0 Å². The molecule has 6 nitrogen and oxygen atoms in total. The first-order valence-corrected chi connectivity index (χ1v) is 8.26. The molecule has 0 saturated carbocycles. The Morgan fingerprint density at radius 2 is 2.05 bits per heavy atom. The zero-order valence-corrected chi connectivity index (χ0v) is 14.1. The Kier molecular flexibility index (Phi) is 4.07. The highest BCUT2D eigenvalue weighted by atomic mass is 79.9. The van der Waals surface area contributed by atoms with E-state index in [-0.39, 0.29) is 16.1 Å². The van der Waals surface area contributed by atoms with Crippen LogP contribution in [-0.4, -0.2) is 18.2 Å². The SMILES string of the molecule is Cc1nn(C)c(C)c1S(=O)(=O)Nc1ccc(Br)cc1C#N. The number of aryl methyl sites for hydroxylation is 2. The Labute approximate surface area is 131 Å². The van der Waals surface area contributed by atoms with Gasteiger partial charge in [-0.1, -0.05) is 15.9 Å². The maximum atomic E-state index is 12.5. The Hall–Kier alpha value is -1.85. The van der Waals surface area contributed by atoms with Crippen LogP contribution in [0.5, 0.6) is 0 Å². The van der Waals surface area contributed by atoms with E-state index in [1.54, 1.807) is 39.1 Å². The fourth-order valence-corrected chi connectivity index (χ4v) is 3.92. The minimum atomic E-state index is -3.80. The lowest BCUT2D eigenvalue weighted by atomic mass is 10.2. The van der Waals surface area contributed by atoms with E-state index in [0.717, 1.165) is 0 Å². The number of aromatic nitrogens is 2. The number of anilines is 1. The molecular formula is C13H13BrN4O2S. The highest BCUT2D eigenvalue weighted by Gasteiger charge is 2.24. The largest absolute Gasteiger partial charge is 0.278 e. The average Bonchev–Trinajstić information content (AvgIpc) is 2.65. The summed E-state index contributed by atoms with van der Waals surface area (Å²) in [5.41, 5.74) is 1.43. The van der Waals surface area contributed by atoms with Crippen molar-refractivity contribution in [3.05, 3.63) is 39.6 Å². The third-order valence-electron chi connectivity index (χ3n) is 3.06. The average molecular weight is 369 g/mol. The quantitative estimate of drug-likeness (QED) is 0.900. The fourth-order valence-electron chi connectivity index (χ4n) is 2.04. The summed E-state index contributed by atoms with van der Waals surface area (Å²) in [7, 11) is -2.12. The van der Waals surface area contributed by atoms with Gasteiger partial charge in [0.1, 0.15) is 11.0 Å². The molecule has 0 aliphatic heterocycles. The van der Waals surface area contributed by atoms with E-state index in [9.17, 15) is 8.42 Å². The van der Waals surface area contributed by atoms with Gasteiger partial charge in [-0.15, -0.1) is 0 Å². The summed E-state index contributed by atoms with van der Waals surface area (Å²) in [6.45, 7) is 3.32. The van der Waals surface area contributed by atoms with Crippen molar-refractivity contribution in [1.29, 1.82) is 5.26 Å². The molecule has 0 aliphatic carbocycles. The predicted octanol–water partition coefficient (Wildman–Crippen LogP) is 2.47. The summed E-state index contributed by atoms with van der Waals surface area (Å²) in [6.07, 6.45) is 0. The van der Waals surface area contributed by atoms with Gasteiger partial charge in [-0.2, -0.15) is 10.4 Å². The normalized spacial score (nSPS) is 11.2. The maximum Gasteiger partial charge on any atom is 0.265 e. The number of sulfonamides is 1. The van der Waals surface area contributed by atoms with Crippen LogP contribution in [0.2, 0.25) is 0 Å². The molecule has 0 amide bonds. The first-order chi connectivity index (χ1) is 9.76. The molecular weight excluding hydrogens is 356 g/mol. The second-order valence-corrected chi connectivity index (χ2v) is 7.07. The minimum absolute atomic E-state index is 0.136. The third kappa shape index (κ3) is 2.94. The summed E-state index contributed by atoms with van der Waals surface area (Å²) in [6, 6.07) is 6.73. The van der Waals surface area contributed by atoms with Crippen LogP contribution in [-0.2, 0) is 17.1 Å². The molecule has 0 saturated heterocycles. The monoisotopic (exact) mass is 368 g/mol. The van der Waals surface area contributed by atoms with Crippen molar-refractivity contribution in [1.82, 2.24) is 9.78 Å². The van der Waals surface area contributed by atoms with Crippen molar-refractivity contribution >= 4 is 31.6 Å². The minimum Gasteiger partial charge on any atom is -0.278 e. The number of nitrogens with one attached hydrogen (secondary N) is 1. The molecule has 0 radical (unpaired) electrons. The van der Waals surface area contributed by atoms with Crippen LogP contribution in [0.3, 0.4) is 0 Å². The van der Waals surface area contributed by atoms with Gasteiger partial charge >= 0.3 is 0 Å². The van der Waals surface area contributed by atoms with Gasteiger partial charge in [-0.3, -0.25) is 9.40 Å². The van der Waals surface area contributed by atoms with Gasteiger partial charge in [-0.25, -0.2) is 8.42 Å². The van der Waals surface area contributed by atoms with Crippen molar-refractivity contribution in [3.8, 4) is 6.07 Å². The van der Waals surface area contributed by atoms with Crippen LogP contribution in [0.15, 0.2) is 27.6 Å². The van der Waals surface area contributed by atoms with Crippen LogP contribution in [0, 0.1) is 25.2 Å². The van der Waals surface area contributed by atoms with Gasteiger partial charge in [0.2, 0.25) is 0 Å². The number of halogens is 1. The summed E-state index contributed by atoms with van der Waals surface area (Å²) >= 11 is 3.25. The molecule has 1 aromatic carbocycles. The van der Waals surface area contributed by atoms with Crippen molar-refractivity contribution in [2.75, 3.05) is 4.72 Å². The summed E-state index contributed by atoms with van der Waals surface area (Å²) in [5, 5.41) is 13.2. The Balaban J connectivity index is 2.50. The van der Waals surface area contributed by atoms with E-state index in [1.165, 1.54) is 4.68 Å². The highest BCUT2D eigenvalue weighted by Crippen LogP contribution is 2.25. The number of rotatable bonds is 3. The molecule has 1 N–H and O–H groups in total. The zero-order valence-electron chi connectivity index (χ0n) is 11.7. The number of nitrogens with zero attached hydrogens (tertiary/aromatic N) is 3. The van der Waals surface area contributed by atoms with Gasteiger partial charge in [0.05, 0.1) is 22.6 Å². The topological polar surface area (TPSA) is 87.8 Å². The van der Waals surface area contributed by atoms with Crippen molar-refractivity contribution in [2.24, 2.45) is 7.05 Å². The van der Waals surface area contributed by atoms with Crippen LogP contribution < -0.4 is 4.72 Å². The Morgan fingerprint density at radius 1 is 1.38 bits per heavy atom. The predicted molar refractivity (Wildman–Crippen MR) is 82.3 cm³/mol. The Morgan fingerprint density at radius 3 is 2.57 bits per heavy atom. The molecule has 8 heteroatoms. The fraction of sp³-hybridized carbons (Fsp3) is 0.231. The first kappa shape index (κ1) is 15.5. The van der Waals surface area contributed by atoms with E-state index in [1.807, 2.05) is 6.07 Å². The molecule has 1 heterocycles. The van der Waals surface area contributed by atoms with Gasteiger partial charge in [-0.05, 0) is 32.0 Å². The van der Waals surface area contributed by atoms with E-state index in [2.05, 4.69) is 25.8 Å². The first-order valence-electron chi connectivity index (χ1n) is 5.99. The van der Waals surface area contributed by atoms with Gasteiger partial charge in [0.15, 0.2) is 0 Å². The third-order valence-corrected chi connectivity index (χ3v) is 5.17. The number of nitriles is 1. The second kappa shape index (κ2) is 5.50. The van der Waals surface area contributed by atoms with Crippen molar-refractivity contribution in [3.63, 3.8) is 0 Å².